The monoisotopic (exact) mass is 297 g/mol. The molecule has 0 saturated heterocycles. The molecule has 0 heterocycles. The van der Waals surface area contributed by atoms with E-state index in [1.165, 1.54) is 7.11 Å². The molecular weight excluding hydrogens is 274 g/mol. The lowest BCUT2D eigenvalue weighted by Gasteiger charge is -2.24. The summed E-state index contributed by atoms with van der Waals surface area (Å²) in [6.07, 6.45) is -0.655. The second kappa shape index (κ2) is 9.33. The fraction of sp³-hybridized carbons (Fsp3) is 0.533. The number of carbonyl (C=O) groups is 1. The minimum atomic E-state index is -0.655. The molecule has 0 saturated carbocycles. The quantitative estimate of drug-likeness (QED) is 0.540. The highest BCUT2D eigenvalue weighted by Gasteiger charge is 2.16. The third kappa shape index (κ3) is 5.71. The molecule has 6 nitrogen and oxygen atoms in total. The summed E-state index contributed by atoms with van der Waals surface area (Å²) in [7, 11) is 4.75. The van der Waals surface area contributed by atoms with E-state index in [9.17, 15) is 9.90 Å². The van der Waals surface area contributed by atoms with Gasteiger partial charge in [0.15, 0.2) is 0 Å². The minimum Gasteiger partial charge on any atom is -0.465 e. The normalized spacial score (nSPS) is 12.0. The van der Waals surface area contributed by atoms with Crippen LogP contribution in [0.25, 0.3) is 0 Å². The van der Waals surface area contributed by atoms with Crippen LogP contribution in [0.4, 0.5) is 5.69 Å². The molecule has 1 rings (SSSR count). The number of esters is 1. The summed E-state index contributed by atoms with van der Waals surface area (Å²) in [6, 6.07) is 7.11. The van der Waals surface area contributed by atoms with Gasteiger partial charge in [-0.1, -0.05) is 12.1 Å². The van der Waals surface area contributed by atoms with Crippen molar-refractivity contribution in [2.75, 3.05) is 52.5 Å². The Labute approximate surface area is 125 Å². The van der Waals surface area contributed by atoms with E-state index in [0.717, 1.165) is 0 Å². The number of anilines is 1. The van der Waals surface area contributed by atoms with E-state index in [2.05, 4.69) is 0 Å². The Bertz CT molecular complexity index is 438. The highest BCUT2D eigenvalue weighted by atomic mass is 16.5. The van der Waals surface area contributed by atoms with Crippen LogP contribution in [0.2, 0.25) is 0 Å². The predicted octanol–water partition coefficient (Wildman–Crippen LogP) is 0.933. The first-order valence-corrected chi connectivity index (χ1v) is 6.73. The molecule has 0 amide bonds. The van der Waals surface area contributed by atoms with Gasteiger partial charge in [0.2, 0.25) is 0 Å². The third-order valence-electron chi connectivity index (χ3n) is 2.95. The number of para-hydroxylation sites is 1. The van der Waals surface area contributed by atoms with Crippen LogP contribution in [0.5, 0.6) is 0 Å². The Hall–Kier alpha value is -1.63. The number of hydrogen-bond acceptors (Lipinski definition) is 6. The number of aliphatic hydroxyl groups is 1. The van der Waals surface area contributed by atoms with E-state index in [4.69, 9.17) is 14.2 Å². The van der Waals surface area contributed by atoms with E-state index in [1.807, 2.05) is 12.1 Å². The van der Waals surface area contributed by atoms with Gasteiger partial charge < -0.3 is 24.2 Å². The Morgan fingerprint density at radius 3 is 2.67 bits per heavy atom. The van der Waals surface area contributed by atoms with E-state index in [0.29, 0.717) is 31.0 Å². The Kier molecular flexibility index (Phi) is 7.74. The van der Waals surface area contributed by atoms with Crippen molar-refractivity contribution in [3.8, 4) is 0 Å². The smallest absolute Gasteiger partial charge is 0.339 e. The van der Waals surface area contributed by atoms with E-state index >= 15 is 0 Å². The molecule has 6 heteroatoms. The summed E-state index contributed by atoms with van der Waals surface area (Å²) in [5.41, 5.74) is 1.18. The van der Waals surface area contributed by atoms with Gasteiger partial charge in [-0.3, -0.25) is 0 Å². The fourth-order valence-electron chi connectivity index (χ4n) is 1.92. The van der Waals surface area contributed by atoms with Crippen LogP contribution in [-0.2, 0) is 14.2 Å². The summed E-state index contributed by atoms with van der Waals surface area (Å²) in [4.78, 5) is 13.5. The number of hydrogen-bond donors (Lipinski definition) is 1. The number of aliphatic hydroxyl groups excluding tert-OH is 1. The number of nitrogens with zero attached hydrogens (tertiary/aromatic N) is 1. The van der Waals surface area contributed by atoms with Crippen LogP contribution in [0.3, 0.4) is 0 Å². The largest absolute Gasteiger partial charge is 0.465 e. The second-order valence-corrected chi connectivity index (χ2v) is 4.61. The summed E-state index contributed by atoms with van der Waals surface area (Å²) >= 11 is 0. The van der Waals surface area contributed by atoms with E-state index in [-0.39, 0.29) is 6.61 Å². The summed E-state index contributed by atoms with van der Waals surface area (Å²) in [5, 5.41) is 9.94. The van der Waals surface area contributed by atoms with Crippen LogP contribution < -0.4 is 4.90 Å². The van der Waals surface area contributed by atoms with Gasteiger partial charge in [0.05, 0.1) is 44.3 Å². The van der Waals surface area contributed by atoms with Crippen molar-refractivity contribution in [1.29, 1.82) is 0 Å². The number of likely N-dealkylation sites (N-methyl/N-ethyl adjacent to an activating group) is 1. The maximum Gasteiger partial charge on any atom is 0.339 e. The van der Waals surface area contributed by atoms with Crippen LogP contribution in [0.1, 0.15) is 10.4 Å². The van der Waals surface area contributed by atoms with Gasteiger partial charge in [0, 0.05) is 20.7 Å². The molecule has 21 heavy (non-hydrogen) atoms. The van der Waals surface area contributed by atoms with Gasteiger partial charge >= 0.3 is 5.97 Å². The number of rotatable bonds is 9. The number of benzene rings is 1. The predicted molar refractivity (Wildman–Crippen MR) is 79.8 cm³/mol. The zero-order chi connectivity index (χ0) is 15.7. The van der Waals surface area contributed by atoms with Crippen molar-refractivity contribution in [3.05, 3.63) is 29.8 Å². The van der Waals surface area contributed by atoms with E-state index < -0.39 is 12.1 Å². The lowest BCUT2D eigenvalue weighted by Crippen LogP contribution is -2.33. The molecule has 0 radical (unpaired) electrons. The third-order valence-corrected chi connectivity index (χ3v) is 2.95. The molecule has 0 aliphatic carbocycles. The zero-order valence-electron chi connectivity index (χ0n) is 12.7. The van der Waals surface area contributed by atoms with Crippen LogP contribution in [0.15, 0.2) is 24.3 Å². The van der Waals surface area contributed by atoms with Crippen LogP contribution >= 0.6 is 0 Å². The fourth-order valence-corrected chi connectivity index (χ4v) is 1.92. The van der Waals surface area contributed by atoms with Crippen molar-refractivity contribution >= 4 is 11.7 Å². The molecule has 0 aliphatic heterocycles. The molecule has 0 aromatic heterocycles. The Morgan fingerprint density at radius 1 is 1.29 bits per heavy atom. The molecule has 1 aromatic carbocycles. The van der Waals surface area contributed by atoms with Crippen LogP contribution in [-0.4, -0.2) is 64.8 Å². The van der Waals surface area contributed by atoms with Gasteiger partial charge in [0.25, 0.3) is 0 Å². The van der Waals surface area contributed by atoms with Gasteiger partial charge in [-0.2, -0.15) is 0 Å². The molecule has 0 fully saturated rings. The minimum absolute atomic E-state index is 0.216. The second-order valence-electron chi connectivity index (χ2n) is 4.61. The van der Waals surface area contributed by atoms with Crippen molar-refractivity contribution in [2.24, 2.45) is 0 Å². The maximum absolute atomic E-state index is 11.7. The topological polar surface area (TPSA) is 68.2 Å². The number of carbonyl (C=O) groups excluding carboxylic acids is 1. The molecule has 1 unspecified atom stereocenters. The lowest BCUT2D eigenvalue weighted by atomic mass is 10.1. The van der Waals surface area contributed by atoms with Gasteiger partial charge in [-0.15, -0.1) is 0 Å². The summed E-state index contributed by atoms with van der Waals surface area (Å²) in [5.74, 6) is -0.400. The molecular formula is C15H23NO5. The van der Waals surface area contributed by atoms with Crippen molar-refractivity contribution in [1.82, 2.24) is 0 Å². The lowest BCUT2D eigenvalue weighted by molar-refractivity contribution is 0.0164. The summed E-state index contributed by atoms with van der Waals surface area (Å²) in [6.45, 7) is 1.50. The standard InChI is InChI=1S/C15H23NO5/c1-16(10-12(17)11-21-9-8-19-2)14-7-5-4-6-13(14)15(18)20-3/h4-7,12,17H,8-11H2,1-3H3. The molecule has 0 spiro atoms. The van der Waals surface area contributed by atoms with Crippen molar-refractivity contribution in [3.63, 3.8) is 0 Å². The molecule has 1 N–H and O–H groups in total. The highest BCUT2D eigenvalue weighted by Crippen LogP contribution is 2.20. The average molecular weight is 297 g/mol. The van der Waals surface area contributed by atoms with Gasteiger partial charge in [-0.25, -0.2) is 4.79 Å². The summed E-state index contributed by atoms with van der Waals surface area (Å²) < 4.78 is 14.9. The van der Waals surface area contributed by atoms with Gasteiger partial charge in [-0.05, 0) is 12.1 Å². The molecule has 118 valence electrons. The molecule has 0 bridgehead atoms. The maximum atomic E-state index is 11.7. The first-order chi connectivity index (χ1) is 10.1. The van der Waals surface area contributed by atoms with Crippen molar-refractivity contribution < 1.29 is 24.1 Å². The first kappa shape index (κ1) is 17.4. The first-order valence-electron chi connectivity index (χ1n) is 6.73. The molecule has 1 aromatic rings. The molecule has 1 atom stereocenters. The zero-order valence-corrected chi connectivity index (χ0v) is 12.7. The van der Waals surface area contributed by atoms with Crippen molar-refractivity contribution in [2.45, 2.75) is 6.10 Å². The Balaban J connectivity index is 2.59. The SMILES string of the molecule is COCCOCC(O)CN(C)c1ccccc1C(=O)OC. The van der Waals surface area contributed by atoms with Gasteiger partial charge in [0.1, 0.15) is 0 Å². The molecule has 0 aliphatic rings. The van der Waals surface area contributed by atoms with Crippen LogP contribution in [0, 0.1) is 0 Å². The average Bonchev–Trinajstić information content (AvgIpc) is 2.50. The number of ether oxygens (including phenoxy) is 3. The highest BCUT2D eigenvalue weighted by molar-refractivity contribution is 5.95. The van der Waals surface area contributed by atoms with E-state index in [1.54, 1.807) is 31.2 Å². The number of methoxy groups -OCH3 is 2. The Morgan fingerprint density at radius 2 is 2.00 bits per heavy atom.